The second-order valence-electron chi connectivity index (χ2n) is 10.1. The number of carbonyl (C=O) groups excluding carboxylic acids is 2. The second-order valence-corrected chi connectivity index (χ2v) is 12.9. The summed E-state index contributed by atoms with van der Waals surface area (Å²) in [7, 11) is -2.60. The molecule has 4 aromatic rings. The molecule has 7 nitrogen and oxygen atoms in total. The zero-order valence-electron chi connectivity index (χ0n) is 23.8. The Morgan fingerprint density at radius 3 is 2.05 bits per heavy atom. The Morgan fingerprint density at radius 1 is 0.810 bits per heavy atom. The fourth-order valence-electron chi connectivity index (χ4n) is 4.70. The molecule has 2 amide bonds. The zero-order chi connectivity index (χ0) is 30.3. The maximum absolute atomic E-state index is 14.3. The Morgan fingerprint density at radius 2 is 1.43 bits per heavy atom. The molecule has 0 unspecified atom stereocenters. The van der Waals surface area contributed by atoms with Crippen LogP contribution in [0.5, 0.6) is 0 Å². The van der Waals surface area contributed by atoms with Gasteiger partial charge in [-0.2, -0.15) is 0 Å². The van der Waals surface area contributed by atoms with Crippen LogP contribution < -0.4 is 9.62 Å². The van der Waals surface area contributed by atoms with E-state index < -0.39 is 28.5 Å². The number of hydrogen-bond acceptors (Lipinski definition) is 4. The first-order valence-electron chi connectivity index (χ1n) is 13.5. The van der Waals surface area contributed by atoms with Crippen LogP contribution in [0.15, 0.2) is 112 Å². The van der Waals surface area contributed by atoms with Gasteiger partial charge in [0.15, 0.2) is 0 Å². The van der Waals surface area contributed by atoms with Crippen LogP contribution in [0.4, 0.5) is 5.69 Å². The van der Waals surface area contributed by atoms with Crippen LogP contribution >= 0.6 is 15.9 Å². The molecule has 0 radical (unpaired) electrons. The maximum Gasteiger partial charge on any atom is 0.264 e. The molecule has 0 saturated heterocycles. The van der Waals surface area contributed by atoms with E-state index >= 15 is 0 Å². The summed E-state index contributed by atoms with van der Waals surface area (Å²) in [6, 6.07) is 29.6. The highest BCUT2D eigenvalue weighted by molar-refractivity contribution is 9.10. The summed E-state index contributed by atoms with van der Waals surface area (Å²) >= 11 is 3.44. The van der Waals surface area contributed by atoms with Gasteiger partial charge < -0.3 is 10.2 Å². The molecule has 1 atom stereocenters. The molecule has 4 rings (SSSR count). The van der Waals surface area contributed by atoms with Crippen molar-refractivity contribution in [2.24, 2.45) is 0 Å². The highest BCUT2D eigenvalue weighted by atomic mass is 79.9. The van der Waals surface area contributed by atoms with E-state index in [-0.39, 0.29) is 23.8 Å². The molecular formula is C33H34BrN3O4S. The van der Waals surface area contributed by atoms with Gasteiger partial charge >= 0.3 is 0 Å². The summed E-state index contributed by atoms with van der Waals surface area (Å²) in [6.45, 7) is 3.31. The first-order valence-corrected chi connectivity index (χ1v) is 15.8. The van der Waals surface area contributed by atoms with Gasteiger partial charge in [0.25, 0.3) is 10.0 Å². The summed E-state index contributed by atoms with van der Waals surface area (Å²) in [6.07, 6.45) is 0.262. The molecule has 0 spiro atoms. The lowest BCUT2D eigenvalue weighted by atomic mass is 10.0. The van der Waals surface area contributed by atoms with Gasteiger partial charge in [-0.3, -0.25) is 13.9 Å². The minimum Gasteiger partial charge on any atom is -0.357 e. The Balaban J connectivity index is 1.79. The average molecular weight is 649 g/mol. The summed E-state index contributed by atoms with van der Waals surface area (Å²) in [5, 5.41) is 2.70. The number of halogens is 1. The lowest BCUT2D eigenvalue weighted by molar-refractivity contribution is -0.139. The van der Waals surface area contributed by atoms with Crippen LogP contribution in [-0.2, 0) is 32.6 Å². The molecule has 0 heterocycles. The number of rotatable bonds is 11. The van der Waals surface area contributed by atoms with Gasteiger partial charge in [-0.25, -0.2) is 8.42 Å². The van der Waals surface area contributed by atoms with E-state index in [9.17, 15) is 18.0 Å². The van der Waals surface area contributed by atoms with Crippen molar-refractivity contribution in [3.63, 3.8) is 0 Å². The van der Waals surface area contributed by atoms with Crippen LogP contribution in [0.3, 0.4) is 0 Å². The lowest BCUT2D eigenvalue weighted by Crippen LogP contribution is -2.53. The molecular weight excluding hydrogens is 614 g/mol. The van der Waals surface area contributed by atoms with Crippen LogP contribution in [0.2, 0.25) is 0 Å². The third-order valence-corrected chi connectivity index (χ3v) is 9.36. The lowest BCUT2D eigenvalue weighted by Gasteiger charge is -2.34. The van der Waals surface area contributed by atoms with Gasteiger partial charge in [0.1, 0.15) is 12.6 Å². The minimum absolute atomic E-state index is 0.0794. The predicted octanol–water partition coefficient (Wildman–Crippen LogP) is 5.65. The van der Waals surface area contributed by atoms with E-state index in [1.54, 1.807) is 49.4 Å². The number of carbonyl (C=O) groups is 2. The molecule has 0 aromatic heterocycles. The number of nitrogens with one attached hydrogen (secondary N) is 1. The van der Waals surface area contributed by atoms with E-state index in [1.807, 2.05) is 67.6 Å². The fraction of sp³-hybridized carbons (Fsp3) is 0.212. The summed E-state index contributed by atoms with van der Waals surface area (Å²) in [5.74, 6) is -0.838. The molecule has 0 fully saturated rings. The number of sulfonamides is 1. The molecule has 42 heavy (non-hydrogen) atoms. The highest BCUT2D eigenvalue weighted by Gasteiger charge is 2.34. The van der Waals surface area contributed by atoms with E-state index in [1.165, 1.54) is 11.9 Å². The maximum atomic E-state index is 14.3. The van der Waals surface area contributed by atoms with Crippen molar-refractivity contribution < 1.29 is 18.0 Å². The standard InChI is InChI=1S/C33H34BrN3O4S/c1-24-13-19-29(20-14-24)42(40,41)37(30-12-8-7-9-25(30)2)23-32(38)36(22-27-15-17-28(34)18-16-27)31(33(39)35-3)21-26-10-5-4-6-11-26/h4-20,31H,21-23H2,1-3H3,(H,35,39)/t31-/m1/s1. The Bertz CT molecular complexity index is 1630. The first-order chi connectivity index (χ1) is 20.1. The summed E-state index contributed by atoms with van der Waals surface area (Å²) in [5.41, 5.74) is 3.70. The second kappa shape index (κ2) is 13.8. The van der Waals surface area contributed by atoms with Crippen molar-refractivity contribution in [1.82, 2.24) is 10.2 Å². The van der Waals surface area contributed by atoms with Crippen molar-refractivity contribution in [1.29, 1.82) is 0 Å². The molecule has 0 aliphatic rings. The topological polar surface area (TPSA) is 86.8 Å². The molecule has 1 N–H and O–H groups in total. The molecule has 4 aromatic carbocycles. The van der Waals surface area contributed by atoms with Crippen LogP contribution in [-0.4, -0.2) is 44.8 Å². The number of hydrogen-bond donors (Lipinski definition) is 1. The van der Waals surface area contributed by atoms with Crippen molar-refractivity contribution in [2.45, 2.75) is 37.8 Å². The van der Waals surface area contributed by atoms with Gasteiger partial charge in [-0.05, 0) is 60.9 Å². The molecule has 0 bridgehead atoms. The summed E-state index contributed by atoms with van der Waals surface area (Å²) in [4.78, 5) is 29.2. The van der Waals surface area contributed by atoms with Crippen LogP contribution in [0.25, 0.3) is 0 Å². The van der Waals surface area contributed by atoms with Crippen molar-refractivity contribution in [2.75, 3.05) is 17.9 Å². The molecule has 0 aliphatic heterocycles. The number of anilines is 1. The predicted molar refractivity (Wildman–Crippen MR) is 170 cm³/mol. The largest absolute Gasteiger partial charge is 0.357 e. The molecule has 0 aliphatic carbocycles. The average Bonchev–Trinajstić information content (AvgIpc) is 2.99. The van der Waals surface area contributed by atoms with E-state index in [0.717, 1.165) is 25.5 Å². The Labute approximate surface area is 256 Å². The summed E-state index contributed by atoms with van der Waals surface area (Å²) < 4.78 is 30.2. The van der Waals surface area contributed by atoms with Crippen molar-refractivity contribution in [3.05, 3.63) is 130 Å². The fourth-order valence-corrected chi connectivity index (χ4v) is 6.44. The third-order valence-electron chi connectivity index (χ3n) is 7.06. The van der Waals surface area contributed by atoms with Gasteiger partial charge in [0.2, 0.25) is 11.8 Å². The number of benzene rings is 4. The van der Waals surface area contributed by atoms with Crippen LogP contribution in [0, 0.1) is 13.8 Å². The van der Waals surface area contributed by atoms with Gasteiger partial charge in [-0.1, -0.05) is 94.3 Å². The van der Waals surface area contributed by atoms with E-state index in [0.29, 0.717) is 11.3 Å². The molecule has 0 saturated carbocycles. The number of likely N-dealkylation sites (N-methyl/N-ethyl adjacent to an activating group) is 1. The van der Waals surface area contributed by atoms with Gasteiger partial charge in [0.05, 0.1) is 10.6 Å². The Hall–Kier alpha value is -3.95. The number of para-hydroxylation sites is 1. The SMILES string of the molecule is CNC(=O)[C@@H](Cc1ccccc1)N(Cc1ccc(Br)cc1)C(=O)CN(c1ccccc1C)S(=O)(=O)c1ccc(C)cc1. The van der Waals surface area contributed by atoms with E-state index in [4.69, 9.17) is 0 Å². The first kappa shape index (κ1) is 31.0. The van der Waals surface area contributed by atoms with Crippen LogP contribution in [0.1, 0.15) is 22.3 Å². The highest BCUT2D eigenvalue weighted by Crippen LogP contribution is 2.28. The van der Waals surface area contributed by atoms with Crippen molar-refractivity contribution in [3.8, 4) is 0 Å². The smallest absolute Gasteiger partial charge is 0.264 e. The van der Waals surface area contributed by atoms with E-state index in [2.05, 4.69) is 21.2 Å². The number of amides is 2. The van der Waals surface area contributed by atoms with Gasteiger partial charge in [0, 0.05) is 24.5 Å². The third kappa shape index (κ3) is 7.46. The quantitative estimate of drug-likeness (QED) is 0.228. The number of aryl methyl sites for hydroxylation is 2. The van der Waals surface area contributed by atoms with Crippen molar-refractivity contribution >= 4 is 43.5 Å². The zero-order valence-corrected chi connectivity index (χ0v) is 26.2. The Kier molecular flexibility index (Phi) is 10.2. The number of nitrogens with zero attached hydrogens (tertiary/aromatic N) is 2. The monoisotopic (exact) mass is 647 g/mol. The minimum atomic E-state index is -4.13. The molecule has 9 heteroatoms. The van der Waals surface area contributed by atoms with Gasteiger partial charge in [-0.15, -0.1) is 0 Å². The molecule has 218 valence electrons. The normalized spacial score (nSPS) is 11.9.